The third-order valence-electron chi connectivity index (χ3n) is 4.89. The van der Waals surface area contributed by atoms with Crippen molar-refractivity contribution in [2.75, 3.05) is 43.9 Å². The van der Waals surface area contributed by atoms with Gasteiger partial charge in [0.25, 0.3) is 0 Å². The SMILES string of the molecule is CN=C(NCc1cccc(N2CC=CC2)c1)N1CCSC(C(C)C)C1. The van der Waals surface area contributed by atoms with Crippen LogP contribution in [-0.2, 0) is 6.54 Å². The summed E-state index contributed by atoms with van der Waals surface area (Å²) in [5.74, 6) is 2.91. The van der Waals surface area contributed by atoms with Crippen molar-refractivity contribution in [3.63, 3.8) is 0 Å². The number of thioether (sulfide) groups is 1. The molecule has 1 N–H and O–H groups in total. The number of hydrogen-bond donors (Lipinski definition) is 1. The first-order valence-corrected chi connectivity index (χ1v) is 10.3. The van der Waals surface area contributed by atoms with E-state index in [-0.39, 0.29) is 0 Å². The highest BCUT2D eigenvalue weighted by Gasteiger charge is 2.24. The molecule has 0 aliphatic carbocycles. The van der Waals surface area contributed by atoms with Gasteiger partial charge in [0.15, 0.2) is 5.96 Å². The minimum atomic E-state index is 0.693. The fourth-order valence-electron chi connectivity index (χ4n) is 3.34. The van der Waals surface area contributed by atoms with Gasteiger partial charge in [0.1, 0.15) is 0 Å². The maximum Gasteiger partial charge on any atom is 0.193 e. The summed E-state index contributed by atoms with van der Waals surface area (Å²) in [4.78, 5) is 9.32. The number of nitrogens with zero attached hydrogens (tertiary/aromatic N) is 3. The average Bonchev–Trinajstić information content (AvgIpc) is 3.17. The first kappa shape index (κ1) is 18.2. The Morgan fingerprint density at radius 3 is 2.84 bits per heavy atom. The highest BCUT2D eigenvalue weighted by atomic mass is 32.2. The van der Waals surface area contributed by atoms with Crippen molar-refractivity contribution in [2.45, 2.75) is 25.6 Å². The molecule has 1 unspecified atom stereocenters. The molecule has 25 heavy (non-hydrogen) atoms. The second-order valence-electron chi connectivity index (χ2n) is 7.05. The van der Waals surface area contributed by atoms with Crippen LogP contribution in [0.15, 0.2) is 41.4 Å². The molecule has 0 saturated carbocycles. The van der Waals surface area contributed by atoms with Gasteiger partial charge in [-0.2, -0.15) is 11.8 Å². The Bertz CT molecular complexity index is 618. The smallest absolute Gasteiger partial charge is 0.193 e. The van der Waals surface area contributed by atoms with Crippen LogP contribution in [0.1, 0.15) is 19.4 Å². The largest absolute Gasteiger partial charge is 0.364 e. The zero-order valence-electron chi connectivity index (χ0n) is 15.6. The van der Waals surface area contributed by atoms with Crippen LogP contribution in [-0.4, -0.2) is 55.1 Å². The third-order valence-corrected chi connectivity index (χ3v) is 6.43. The maximum atomic E-state index is 4.52. The number of anilines is 1. The average molecular weight is 359 g/mol. The molecule has 136 valence electrons. The van der Waals surface area contributed by atoms with Crippen molar-refractivity contribution in [3.05, 3.63) is 42.0 Å². The molecule has 0 aromatic heterocycles. The molecule has 2 aliphatic rings. The lowest BCUT2D eigenvalue weighted by atomic mass is 10.1. The molecular weight excluding hydrogens is 328 g/mol. The number of nitrogens with one attached hydrogen (secondary N) is 1. The van der Waals surface area contributed by atoms with E-state index in [1.54, 1.807) is 0 Å². The summed E-state index contributed by atoms with van der Waals surface area (Å²) < 4.78 is 0. The topological polar surface area (TPSA) is 30.9 Å². The van der Waals surface area contributed by atoms with Crippen LogP contribution >= 0.6 is 11.8 Å². The molecule has 3 rings (SSSR count). The molecule has 0 radical (unpaired) electrons. The predicted molar refractivity (Wildman–Crippen MR) is 111 cm³/mol. The summed E-state index contributed by atoms with van der Waals surface area (Å²) in [6.45, 7) is 9.64. The van der Waals surface area contributed by atoms with Crippen molar-refractivity contribution in [3.8, 4) is 0 Å². The summed E-state index contributed by atoms with van der Waals surface area (Å²) in [5, 5.41) is 4.26. The third kappa shape index (κ3) is 4.72. The van der Waals surface area contributed by atoms with Gasteiger partial charge in [-0.15, -0.1) is 0 Å². The fraction of sp³-hybridized carbons (Fsp3) is 0.550. The number of rotatable bonds is 4. The Morgan fingerprint density at radius 2 is 2.12 bits per heavy atom. The van der Waals surface area contributed by atoms with Gasteiger partial charge >= 0.3 is 0 Å². The van der Waals surface area contributed by atoms with Crippen LogP contribution in [0.4, 0.5) is 5.69 Å². The van der Waals surface area contributed by atoms with E-state index < -0.39 is 0 Å². The van der Waals surface area contributed by atoms with Crippen LogP contribution in [0.2, 0.25) is 0 Å². The number of guanidine groups is 1. The Balaban J connectivity index is 1.59. The first-order valence-electron chi connectivity index (χ1n) is 9.23. The molecule has 5 heteroatoms. The second-order valence-corrected chi connectivity index (χ2v) is 8.39. The summed E-state index contributed by atoms with van der Waals surface area (Å²) in [7, 11) is 1.89. The molecule has 0 amide bonds. The Kier molecular flexibility index (Phi) is 6.29. The highest BCUT2D eigenvalue weighted by molar-refractivity contribution is 8.00. The van der Waals surface area contributed by atoms with Crippen LogP contribution in [0, 0.1) is 5.92 Å². The standard InChI is InChI=1S/C20H30N4S/c1-16(2)19-15-24(11-12-25-19)20(21-3)22-14-17-7-6-8-18(13-17)23-9-4-5-10-23/h4-8,13,16,19H,9-12,14-15H2,1-3H3,(H,21,22). The monoisotopic (exact) mass is 358 g/mol. The van der Waals surface area contributed by atoms with E-state index in [1.165, 1.54) is 17.0 Å². The van der Waals surface area contributed by atoms with Crippen molar-refractivity contribution in [1.29, 1.82) is 0 Å². The Morgan fingerprint density at radius 1 is 1.32 bits per heavy atom. The normalized spacial score (nSPS) is 21.3. The van der Waals surface area contributed by atoms with E-state index in [0.717, 1.165) is 38.7 Å². The van der Waals surface area contributed by atoms with Crippen molar-refractivity contribution in [2.24, 2.45) is 10.9 Å². The van der Waals surface area contributed by atoms with Gasteiger partial charge < -0.3 is 15.1 Å². The van der Waals surface area contributed by atoms with Crippen molar-refractivity contribution < 1.29 is 0 Å². The van der Waals surface area contributed by atoms with E-state index in [9.17, 15) is 0 Å². The highest BCUT2D eigenvalue weighted by Crippen LogP contribution is 2.25. The predicted octanol–water partition coefficient (Wildman–Crippen LogP) is 3.21. The van der Waals surface area contributed by atoms with Crippen LogP contribution < -0.4 is 10.2 Å². The molecule has 0 spiro atoms. The molecular formula is C20H30N4S. The van der Waals surface area contributed by atoms with Gasteiger partial charge in [-0.1, -0.05) is 38.1 Å². The fourth-order valence-corrected chi connectivity index (χ4v) is 4.64. The molecule has 1 aromatic rings. The molecule has 2 heterocycles. The first-order chi connectivity index (χ1) is 12.2. The summed E-state index contributed by atoms with van der Waals surface area (Å²) in [5.41, 5.74) is 2.60. The number of aliphatic imine (C=N–C) groups is 1. The molecule has 1 aromatic carbocycles. The zero-order valence-corrected chi connectivity index (χ0v) is 16.4. The van der Waals surface area contributed by atoms with Gasteiger partial charge in [-0.05, 0) is 23.6 Å². The number of hydrogen-bond acceptors (Lipinski definition) is 3. The van der Waals surface area contributed by atoms with Gasteiger partial charge in [0.2, 0.25) is 0 Å². The molecule has 4 nitrogen and oxygen atoms in total. The van der Waals surface area contributed by atoms with Crippen LogP contribution in [0.25, 0.3) is 0 Å². The van der Waals surface area contributed by atoms with E-state index in [1.807, 2.05) is 7.05 Å². The maximum absolute atomic E-state index is 4.52. The molecule has 1 fully saturated rings. The lowest BCUT2D eigenvalue weighted by molar-refractivity contribution is 0.380. The zero-order chi connectivity index (χ0) is 17.6. The summed E-state index contributed by atoms with van der Waals surface area (Å²) in [6.07, 6.45) is 4.46. The molecule has 0 bridgehead atoms. The van der Waals surface area contributed by atoms with E-state index in [4.69, 9.17) is 0 Å². The van der Waals surface area contributed by atoms with Crippen LogP contribution in [0.5, 0.6) is 0 Å². The van der Waals surface area contributed by atoms with Crippen molar-refractivity contribution in [1.82, 2.24) is 10.2 Å². The molecule has 2 aliphatic heterocycles. The van der Waals surface area contributed by atoms with Gasteiger partial charge in [-0.25, -0.2) is 0 Å². The van der Waals surface area contributed by atoms with Crippen molar-refractivity contribution >= 4 is 23.4 Å². The van der Waals surface area contributed by atoms with E-state index >= 15 is 0 Å². The minimum Gasteiger partial charge on any atom is -0.364 e. The quantitative estimate of drug-likeness (QED) is 0.509. The van der Waals surface area contributed by atoms with Gasteiger partial charge in [0.05, 0.1) is 0 Å². The Hall–Kier alpha value is -1.62. The minimum absolute atomic E-state index is 0.693. The van der Waals surface area contributed by atoms with Gasteiger partial charge in [-0.3, -0.25) is 4.99 Å². The summed E-state index contributed by atoms with van der Waals surface area (Å²) in [6, 6.07) is 8.83. The Labute approximate surface area is 156 Å². The van der Waals surface area contributed by atoms with Gasteiger partial charge in [0, 0.05) is 56.5 Å². The van der Waals surface area contributed by atoms with Crippen LogP contribution in [0.3, 0.4) is 0 Å². The lowest BCUT2D eigenvalue weighted by Gasteiger charge is -2.36. The number of benzene rings is 1. The molecule has 1 atom stereocenters. The second kappa shape index (κ2) is 8.65. The summed E-state index contributed by atoms with van der Waals surface area (Å²) >= 11 is 2.10. The van der Waals surface area contributed by atoms with E-state index in [0.29, 0.717) is 11.2 Å². The van der Waals surface area contributed by atoms with E-state index in [2.05, 4.69) is 82.1 Å². The lowest BCUT2D eigenvalue weighted by Crippen LogP contribution is -2.48. The molecule has 1 saturated heterocycles.